The van der Waals surface area contributed by atoms with E-state index in [4.69, 9.17) is 4.42 Å². The van der Waals surface area contributed by atoms with E-state index in [1.54, 1.807) is 18.4 Å². The highest BCUT2D eigenvalue weighted by Crippen LogP contribution is 2.40. The minimum absolute atomic E-state index is 0.185. The van der Waals surface area contributed by atoms with Gasteiger partial charge in [-0.05, 0) is 24.3 Å². The third kappa shape index (κ3) is 4.98. The number of nitrogens with one attached hydrogen (secondary N) is 1. The Labute approximate surface area is 197 Å². The average molecular weight is 488 g/mol. The number of alkyl halides is 2. The zero-order valence-corrected chi connectivity index (χ0v) is 18.9. The van der Waals surface area contributed by atoms with Gasteiger partial charge in [0.25, 0.3) is 5.91 Å². The molecule has 4 aromatic rings. The van der Waals surface area contributed by atoms with Gasteiger partial charge in [0, 0.05) is 28.7 Å². The number of hydrogen-bond donors (Lipinski definition) is 1. The normalized spacial score (nSPS) is 12.0. The summed E-state index contributed by atoms with van der Waals surface area (Å²) in [7, 11) is 0. The molecule has 0 saturated carbocycles. The number of aromatic nitrogens is 3. The second-order valence-electron chi connectivity index (χ2n) is 8.07. The van der Waals surface area contributed by atoms with Crippen LogP contribution in [0.25, 0.3) is 22.8 Å². The van der Waals surface area contributed by atoms with Crippen LogP contribution in [0.2, 0.25) is 0 Å². The maximum Gasteiger partial charge on any atom is 0.399 e. The summed E-state index contributed by atoms with van der Waals surface area (Å²) in [5, 5.41) is 2.35. The van der Waals surface area contributed by atoms with Gasteiger partial charge in [0.2, 0.25) is 11.7 Å². The monoisotopic (exact) mass is 488 g/mol. The minimum Gasteiger partial charge on any atom is -0.444 e. The van der Waals surface area contributed by atoms with Gasteiger partial charge in [0.1, 0.15) is 18.4 Å². The molecule has 7 nitrogen and oxygen atoms in total. The van der Waals surface area contributed by atoms with Crippen molar-refractivity contribution in [1.29, 1.82) is 0 Å². The van der Waals surface area contributed by atoms with Crippen molar-refractivity contribution in [2.75, 3.05) is 6.54 Å². The number of halogens is 3. The van der Waals surface area contributed by atoms with Crippen LogP contribution in [0.1, 0.15) is 35.8 Å². The fraction of sp³-hybridized carbons (Fsp3) is 0.217. The van der Waals surface area contributed by atoms with Crippen LogP contribution in [0.4, 0.5) is 12.7 Å². The third-order valence-corrected chi connectivity index (χ3v) is 5.43. The first kappa shape index (κ1) is 23.6. The smallest absolute Gasteiger partial charge is 0.399 e. The van der Waals surface area contributed by atoms with E-state index in [1.807, 2.05) is 44.2 Å². The highest BCUT2D eigenvalue weighted by atomic mass is 32.2. The first-order valence-electron chi connectivity index (χ1n) is 10.1. The molecule has 0 spiro atoms. The lowest BCUT2D eigenvalue weighted by molar-refractivity contribution is 0.0610. The summed E-state index contributed by atoms with van der Waals surface area (Å²) in [5.74, 6) is -1.25. The second kappa shape index (κ2) is 9.34. The van der Waals surface area contributed by atoms with Crippen molar-refractivity contribution < 1.29 is 26.4 Å². The van der Waals surface area contributed by atoms with Gasteiger partial charge < -0.3 is 14.3 Å². The van der Waals surface area contributed by atoms with Crippen molar-refractivity contribution in [2.24, 2.45) is 0 Å². The molecular weight excluding hydrogens is 469 g/mol. The molecule has 1 amide bonds. The van der Waals surface area contributed by atoms with E-state index in [0.29, 0.717) is 11.6 Å². The van der Waals surface area contributed by atoms with Crippen LogP contribution in [-0.2, 0) is 10.7 Å². The van der Waals surface area contributed by atoms with Gasteiger partial charge in [0.15, 0.2) is 0 Å². The molecule has 0 aliphatic rings. The molecule has 0 aliphatic heterocycles. The molecule has 34 heavy (non-hydrogen) atoms. The standard InChI is InChI=1S/C23H19F3N4O3S/c1-22(2,17-12-32-20(28-17)14-7-4-3-5-8-14)13-27-19(31)16-10-6-9-15(11-16)18-29-21(33-30-18)23(24,25)34-26/h3-12H,13H2,1-2H3,(H,27,31). The lowest BCUT2D eigenvalue weighted by Crippen LogP contribution is -2.37. The van der Waals surface area contributed by atoms with Crippen molar-refractivity contribution in [2.45, 2.75) is 24.5 Å². The van der Waals surface area contributed by atoms with Crippen LogP contribution in [0.3, 0.4) is 0 Å². The summed E-state index contributed by atoms with van der Waals surface area (Å²) in [5.41, 5.74) is 1.51. The van der Waals surface area contributed by atoms with Crippen molar-refractivity contribution in [3.63, 3.8) is 0 Å². The Morgan fingerprint density at radius 1 is 1.06 bits per heavy atom. The Balaban J connectivity index is 1.45. The molecule has 0 unspecified atom stereocenters. The molecule has 2 aromatic heterocycles. The fourth-order valence-corrected chi connectivity index (χ4v) is 3.23. The van der Waals surface area contributed by atoms with E-state index in [-0.39, 0.29) is 23.5 Å². The van der Waals surface area contributed by atoms with Gasteiger partial charge >= 0.3 is 11.1 Å². The van der Waals surface area contributed by atoms with Crippen LogP contribution in [0.15, 0.2) is 69.8 Å². The topological polar surface area (TPSA) is 94.1 Å². The largest absolute Gasteiger partial charge is 0.444 e. The van der Waals surface area contributed by atoms with Crippen molar-refractivity contribution in [3.05, 3.63) is 78.0 Å². The molecular formula is C23H19F3N4O3S. The summed E-state index contributed by atoms with van der Waals surface area (Å²) in [6, 6.07) is 15.5. The number of oxazole rings is 1. The predicted molar refractivity (Wildman–Crippen MR) is 120 cm³/mol. The zero-order valence-electron chi connectivity index (χ0n) is 18.1. The average Bonchev–Trinajstić information content (AvgIpc) is 3.55. The SMILES string of the molecule is CC(C)(CNC(=O)c1cccc(-c2noc(C(F)(F)SF)n2)c1)c1coc(-c2ccccc2)n1. The van der Waals surface area contributed by atoms with Crippen LogP contribution in [0.5, 0.6) is 0 Å². The molecule has 2 heterocycles. The van der Waals surface area contributed by atoms with Crippen molar-refractivity contribution in [3.8, 4) is 22.8 Å². The van der Waals surface area contributed by atoms with Crippen LogP contribution in [-0.4, -0.2) is 27.6 Å². The molecule has 0 saturated heterocycles. The van der Waals surface area contributed by atoms with E-state index in [2.05, 4.69) is 25.0 Å². The number of carbonyl (C=O) groups excluding carboxylic acids is 1. The third-order valence-electron chi connectivity index (χ3n) is 5.06. The number of nitrogens with zero attached hydrogens (tertiary/aromatic N) is 3. The fourth-order valence-electron chi connectivity index (χ4n) is 3.08. The van der Waals surface area contributed by atoms with E-state index >= 15 is 0 Å². The highest BCUT2D eigenvalue weighted by molar-refractivity contribution is 7.94. The summed E-state index contributed by atoms with van der Waals surface area (Å²) in [6.07, 6.45) is 1.56. The van der Waals surface area contributed by atoms with Gasteiger partial charge in [-0.3, -0.25) is 4.79 Å². The maximum atomic E-state index is 13.4. The summed E-state index contributed by atoms with van der Waals surface area (Å²) < 4.78 is 49.2. The summed E-state index contributed by atoms with van der Waals surface area (Å²) in [4.78, 5) is 20.8. The zero-order chi connectivity index (χ0) is 24.3. The predicted octanol–water partition coefficient (Wildman–Crippen LogP) is 5.77. The molecule has 0 aliphatic carbocycles. The highest BCUT2D eigenvalue weighted by Gasteiger charge is 2.41. The van der Waals surface area contributed by atoms with Gasteiger partial charge in [-0.25, -0.2) is 4.98 Å². The molecule has 176 valence electrons. The molecule has 0 fully saturated rings. The molecule has 11 heteroatoms. The Hall–Kier alpha value is -3.60. The van der Waals surface area contributed by atoms with Gasteiger partial charge in [-0.2, -0.15) is 17.7 Å². The molecule has 0 atom stereocenters. The van der Waals surface area contributed by atoms with E-state index in [9.17, 15) is 17.5 Å². The molecule has 4 rings (SSSR count). The van der Waals surface area contributed by atoms with Gasteiger partial charge in [0.05, 0.1) is 5.69 Å². The number of carbonyl (C=O) groups is 1. The van der Waals surface area contributed by atoms with Crippen molar-refractivity contribution in [1.82, 2.24) is 20.4 Å². The molecule has 2 aromatic carbocycles. The quantitative estimate of drug-likeness (QED) is 0.337. The summed E-state index contributed by atoms with van der Waals surface area (Å²) in [6.45, 7) is 4.09. The Bertz CT molecular complexity index is 1290. The Kier molecular flexibility index (Phi) is 6.47. The molecule has 0 radical (unpaired) electrons. The Morgan fingerprint density at radius 2 is 1.79 bits per heavy atom. The lowest BCUT2D eigenvalue weighted by Gasteiger charge is -2.22. The van der Waals surface area contributed by atoms with Crippen LogP contribution < -0.4 is 5.32 Å². The molecule has 1 N–H and O–H groups in total. The molecule has 0 bridgehead atoms. The maximum absolute atomic E-state index is 13.4. The van der Waals surface area contributed by atoms with E-state index in [1.165, 1.54) is 12.1 Å². The first-order valence-corrected chi connectivity index (χ1v) is 10.8. The first-order chi connectivity index (χ1) is 16.2. The second-order valence-corrected chi connectivity index (χ2v) is 8.74. The van der Waals surface area contributed by atoms with Crippen LogP contribution in [0, 0.1) is 0 Å². The number of rotatable bonds is 8. The van der Waals surface area contributed by atoms with Crippen molar-refractivity contribution >= 4 is 18.1 Å². The van der Waals surface area contributed by atoms with Gasteiger partial charge in [-0.15, -0.1) is 0 Å². The number of benzene rings is 2. The van der Waals surface area contributed by atoms with Crippen LogP contribution >= 0.6 is 12.1 Å². The Morgan fingerprint density at radius 3 is 2.53 bits per heavy atom. The summed E-state index contributed by atoms with van der Waals surface area (Å²) >= 11 is -1.20. The van der Waals surface area contributed by atoms with Gasteiger partial charge in [-0.1, -0.05) is 49.3 Å². The van der Waals surface area contributed by atoms with E-state index < -0.39 is 34.6 Å². The number of hydrogen-bond acceptors (Lipinski definition) is 7. The number of amides is 1. The minimum atomic E-state index is -3.95. The van der Waals surface area contributed by atoms with E-state index in [0.717, 1.165) is 5.56 Å². The lowest BCUT2D eigenvalue weighted by atomic mass is 9.90.